The van der Waals surface area contributed by atoms with E-state index in [1.165, 1.54) is 0 Å². The molecule has 0 heterocycles. The Hall–Kier alpha value is -0.250. The zero-order chi connectivity index (χ0) is 13.3. The predicted octanol–water partition coefficient (Wildman–Crippen LogP) is 4.54. The monoisotopic (exact) mass is 254 g/mol. The lowest BCUT2D eigenvalue weighted by Crippen LogP contribution is -2.19. The molecule has 2 atom stereocenters. The van der Waals surface area contributed by atoms with Crippen LogP contribution < -0.4 is 0 Å². The molecule has 0 amide bonds. The number of rotatable bonds is 4. The molecule has 0 spiro atoms. The molecule has 0 radical (unpaired) electrons. The van der Waals surface area contributed by atoms with E-state index in [0.717, 1.165) is 32.1 Å². The number of aliphatic hydroxyl groups excluding tert-OH is 1. The Labute approximate surface area is 102 Å². The average molecular weight is 254 g/mol. The van der Waals surface area contributed by atoms with Crippen molar-refractivity contribution in [3.05, 3.63) is 0 Å². The fourth-order valence-electron chi connectivity index (χ4n) is 2.48. The molecule has 0 aromatic heterocycles. The summed E-state index contributed by atoms with van der Waals surface area (Å²) in [7, 11) is 0. The fraction of sp³-hybridized carbons (Fsp3) is 1.00. The van der Waals surface area contributed by atoms with Gasteiger partial charge >= 0.3 is 6.18 Å². The van der Waals surface area contributed by atoms with E-state index >= 15 is 0 Å². The van der Waals surface area contributed by atoms with Gasteiger partial charge in [0.25, 0.3) is 0 Å². The predicted molar refractivity (Wildman–Crippen MR) is 63.8 cm³/mol. The third-order valence-corrected chi connectivity index (χ3v) is 3.26. The molecule has 4 heteroatoms. The van der Waals surface area contributed by atoms with Gasteiger partial charge in [-0.3, -0.25) is 0 Å². The van der Waals surface area contributed by atoms with Crippen molar-refractivity contribution in [2.24, 2.45) is 11.8 Å². The van der Waals surface area contributed by atoms with E-state index in [2.05, 4.69) is 0 Å². The average Bonchev–Trinajstić information content (AvgIpc) is 2.29. The number of halogens is 3. The summed E-state index contributed by atoms with van der Waals surface area (Å²) >= 11 is 0. The number of aliphatic hydroxyl groups is 1. The van der Waals surface area contributed by atoms with E-state index in [1.807, 2.05) is 13.8 Å². The minimum atomic E-state index is -4.01. The summed E-state index contributed by atoms with van der Waals surface area (Å²) in [5, 5.41) is 8.78. The fourth-order valence-corrected chi connectivity index (χ4v) is 2.48. The van der Waals surface area contributed by atoms with Gasteiger partial charge in [0.05, 0.1) is 0 Å². The van der Waals surface area contributed by atoms with Crippen LogP contribution in [0.4, 0.5) is 13.2 Å². The Morgan fingerprint density at radius 1 is 1.06 bits per heavy atom. The zero-order valence-corrected chi connectivity index (χ0v) is 10.9. The topological polar surface area (TPSA) is 20.2 Å². The second-order valence-corrected chi connectivity index (χ2v) is 4.56. The Morgan fingerprint density at radius 2 is 1.59 bits per heavy atom. The van der Waals surface area contributed by atoms with Gasteiger partial charge in [0.2, 0.25) is 0 Å². The standard InChI is InChI=1S/C11H19F3O.C2H6/c12-11(13,14)6-4-9-2-1-3-10(8-9)5-7-15;1-2/h9-10,15H,1-8H2;1-2H3. The highest BCUT2D eigenvalue weighted by Crippen LogP contribution is 2.35. The van der Waals surface area contributed by atoms with Crippen molar-refractivity contribution in [2.75, 3.05) is 6.61 Å². The second-order valence-electron chi connectivity index (χ2n) is 4.56. The molecule has 1 rings (SSSR count). The number of alkyl halides is 3. The third kappa shape index (κ3) is 8.47. The van der Waals surface area contributed by atoms with E-state index in [4.69, 9.17) is 5.11 Å². The highest BCUT2D eigenvalue weighted by Gasteiger charge is 2.30. The number of hydrogen-bond acceptors (Lipinski definition) is 1. The molecule has 2 unspecified atom stereocenters. The van der Waals surface area contributed by atoms with Gasteiger partial charge in [0, 0.05) is 13.0 Å². The van der Waals surface area contributed by atoms with Crippen LogP contribution in [-0.4, -0.2) is 17.9 Å². The molecule has 1 saturated carbocycles. The quantitative estimate of drug-likeness (QED) is 0.780. The van der Waals surface area contributed by atoms with Crippen molar-refractivity contribution < 1.29 is 18.3 Å². The lowest BCUT2D eigenvalue weighted by atomic mass is 9.78. The van der Waals surface area contributed by atoms with E-state index in [1.54, 1.807) is 0 Å². The lowest BCUT2D eigenvalue weighted by molar-refractivity contribution is -0.138. The first-order valence-electron chi connectivity index (χ1n) is 6.69. The Kier molecular flexibility index (Phi) is 8.66. The molecule has 1 N–H and O–H groups in total. The first kappa shape index (κ1) is 16.8. The van der Waals surface area contributed by atoms with Crippen LogP contribution in [0, 0.1) is 11.8 Å². The van der Waals surface area contributed by atoms with Crippen LogP contribution in [-0.2, 0) is 0 Å². The summed E-state index contributed by atoms with van der Waals surface area (Å²) in [5.74, 6) is 0.666. The molecule has 104 valence electrons. The summed E-state index contributed by atoms with van der Waals surface area (Å²) in [4.78, 5) is 0. The number of hydrogen-bond donors (Lipinski definition) is 1. The Balaban J connectivity index is 0.00000121. The first-order chi connectivity index (χ1) is 8.01. The van der Waals surface area contributed by atoms with Crippen LogP contribution in [0.15, 0.2) is 0 Å². The van der Waals surface area contributed by atoms with Crippen molar-refractivity contribution in [1.29, 1.82) is 0 Å². The summed E-state index contributed by atoms with van der Waals surface area (Å²) in [5.41, 5.74) is 0. The molecular weight excluding hydrogens is 229 g/mol. The Morgan fingerprint density at radius 3 is 2.06 bits per heavy atom. The highest BCUT2D eigenvalue weighted by atomic mass is 19.4. The molecule has 0 aliphatic heterocycles. The highest BCUT2D eigenvalue weighted by molar-refractivity contribution is 4.74. The van der Waals surface area contributed by atoms with E-state index < -0.39 is 12.6 Å². The normalized spacial score (nSPS) is 25.1. The smallest absolute Gasteiger partial charge is 0.389 e. The molecule has 1 aliphatic carbocycles. The molecule has 1 aliphatic rings. The van der Waals surface area contributed by atoms with Crippen LogP contribution in [0.5, 0.6) is 0 Å². The third-order valence-electron chi connectivity index (χ3n) is 3.26. The van der Waals surface area contributed by atoms with Crippen LogP contribution in [0.25, 0.3) is 0 Å². The van der Waals surface area contributed by atoms with Gasteiger partial charge in [-0.15, -0.1) is 0 Å². The molecular formula is C13H25F3O. The van der Waals surface area contributed by atoms with Gasteiger partial charge in [-0.05, 0) is 31.1 Å². The van der Waals surface area contributed by atoms with Gasteiger partial charge in [-0.1, -0.05) is 33.1 Å². The second kappa shape index (κ2) is 8.78. The summed E-state index contributed by atoms with van der Waals surface area (Å²) < 4.78 is 36.0. The van der Waals surface area contributed by atoms with Crippen LogP contribution >= 0.6 is 0 Å². The zero-order valence-electron chi connectivity index (χ0n) is 10.9. The van der Waals surface area contributed by atoms with Crippen molar-refractivity contribution >= 4 is 0 Å². The minimum absolute atomic E-state index is 0.163. The summed E-state index contributed by atoms with van der Waals surface area (Å²) in [6.45, 7) is 4.16. The summed E-state index contributed by atoms with van der Waals surface area (Å²) in [6.07, 6.45) is 0.256. The SMILES string of the molecule is CC.OCCC1CCCC(CCC(F)(F)F)C1. The van der Waals surface area contributed by atoms with Gasteiger partial charge in [-0.25, -0.2) is 0 Å². The lowest BCUT2D eigenvalue weighted by Gasteiger charge is -2.29. The van der Waals surface area contributed by atoms with E-state index in [9.17, 15) is 13.2 Å². The van der Waals surface area contributed by atoms with Gasteiger partial charge in [0.15, 0.2) is 0 Å². The van der Waals surface area contributed by atoms with Gasteiger partial charge in [0.1, 0.15) is 0 Å². The van der Waals surface area contributed by atoms with Crippen molar-refractivity contribution in [3.8, 4) is 0 Å². The van der Waals surface area contributed by atoms with E-state index in [0.29, 0.717) is 5.92 Å². The van der Waals surface area contributed by atoms with Crippen molar-refractivity contribution in [1.82, 2.24) is 0 Å². The maximum Gasteiger partial charge on any atom is 0.389 e. The first-order valence-corrected chi connectivity index (χ1v) is 6.69. The molecule has 1 fully saturated rings. The van der Waals surface area contributed by atoms with Crippen molar-refractivity contribution in [2.45, 2.75) is 65.0 Å². The molecule has 0 aromatic carbocycles. The summed E-state index contributed by atoms with van der Waals surface area (Å²) in [6, 6.07) is 0. The van der Waals surface area contributed by atoms with Crippen LogP contribution in [0.1, 0.15) is 58.8 Å². The molecule has 0 saturated heterocycles. The van der Waals surface area contributed by atoms with Crippen LogP contribution in [0.3, 0.4) is 0 Å². The molecule has 1 nitrogen and oxygen atoms in total. The maximum atomic E-state index is 12.0. The minimum Gasteiger partial charge on any atom is -0.396 e. The van der Waals surface area contributed by atoms with Gasteiger partial charge in [-0.2, -0.15) is 13.2 Å². The van der Waals surface area contributed by atoms with Gasteiger partial charge < -0.3 is 5.11 Å². The van der Waals surface area contributed by atoms with E-state index in [-0.39, 0.29) is 18.9 Å². The maximum absolute atomic E-state index is 12.0. The van der Waals surface area contributed by atoms with Crippen molar-refractivity contribution in [3.63, 3.8) is 0 Å². The molecule has 0 aromatic rings. The Bertz CT molecular complexity index is 178. The molecule has 0 bridgehead atoms. The van der Waals surface area contributed by atoms with Crippen LogP contribution in [0.2, 0.25) is 0 Å². The molecule has 17 heavy (non-hydrogen) atoms. The largest absolute Gasteiger partial charge is 0.396 e.